The fraction of sp³-hybridized carbons (Fsp3) is 0.333. The van der Waals surface area contributed by atoms with Crippen LogP contribution in [0.2, 0.25) is 0 Å². The van der Waals surface area contributed by atoms with Crippen LogP contribution in [-0.2, 0) is 9.59 Å². The standard InChI is InChI=1S/C18H16BrCl2NO4/c1-3-10-7-8-17(20)15(24)22(9-19)16(25)18(17,21)13(10)11-5-4-6-12(26-2)14(11)23/h3-7,13,23H,1,8-9H2,2H3/t13-,17-,18+/m1/s1. The third kappa shape index (κ3) is 2.28. The summed E-state index contributed by atoms with van der Waals surface area (Å²) in [6.07, 6.45) is 3.36. The molecule has 1 aliphatic heterocycles. The summed E-state index contributed by atoms with van der Waals surface area (Å²) in [6.45, 7) is 3.78. The first-order chi connectivity index (χ1) is 12.3. The van der Waals surface area contributed by atoms with Crippen LogP contribution in [0, 0.1) is 0 Å². The molecule has 0 radical (unpaired) electrons. The average Bonchev–Trinajstić information content (AvgIpc) is 2.78. The molecule has 0 aromatic heterocycles. The topological polar surface area (TPSA) is 66.8 Å². The van der Waals surface area contributed by atoms with Gasteiger partial charge in [0.15, 0.2) is 21.2 Å². The van der Waals surface area contributed by atoms with Crippen molar-refractivity contribution in [3.63, 3.8) is 0 Å². The highest BCUT2D eigenvalue weighted by Crippen LogP contribution is 2.60. The number of alkyl halides is 3. The van der Waals surface area contributed by atoms with E-state index in [0.717, 1.165) is 4.90 Å². The van der Waals surface area contributed by atoms with Gasteiger partial charge in [0, 0.05) is 11.5 Å². The van der Waals surface area contributed by atoms with Gasteiger partial charge < -0.3 is 9.84 Å². The number of hydrogen-bond donors (Lipinski definition) is 1. The lowest BCUT2D eigenvalue weighted by molar-refractivity contribution is -0.138. The number of rotatable bonds is 4. The maximum atomic E-state index is 13.1. The smallest absolute Gasteiger partial charge is 0.254 e. The van der Waals surface area contributed by atoms with Gasteiger partial charge in [0.2, 0.25) is 0 Å². The first kappa shape index (κ1) is 19.3. The number of halogens is 3. The summed E-state index contributed by atoms with van der Waals surface area (Å²) in [4.78, 5) is 23.4. The molecule has 3 atom stereocenters. The van der Waals surface area contributed by atoms with Crippen LogP contribution in [0.3, 0.4) is 0 Å². The molecule has 8 heteroatoms. The second kappa shape index (κ2) is 6.59. The number of nitrogens with zero attached hydrogens (tertiary/aromatic N) is 1. The molecule has 1 aromatic rings. The summed E-state index contributed by atoms with van der Waals surface area (Å²) in [5, 5.41) is 10.6. The minimum absolute atomic E-state index is 0.0200. The number of imide groups is 1. The fourth-order valence-corrected chi connectivity index (χ4v) is 4.99. The van der Waals surface area contributed by atoms with E-state index in [1.165, 1.54) is 7.11 Å². The highest BCUT2D eigenvalue weighted by molar-refractivity contribution is 9.09. The number of aromatic hydroxyl groups is 1. The van der Waals surface area contributed by atoms with Gasteiger partial charge in [0.05, 0.1) is 12.6 Å². The number of methoxy groups -OCH3 is 1. The van der Waals surface area contributed by atoms with E-state index < -0.39 is 27.5 Å². The molecule has 0 spiro atoms. The van der Waals surface area contributed by atoms with Gasteiger partial charge in [-0.2, -0.15) is 0 Å². The molecular formula is C18H16BrCl2NO4. The van der Waals surface area contributed by atoms with Gasteiger partial charge >= 0.3 is 0 Å². The highest BCUT2D eigenvalue weighted by atomic mass is 79.9. The Morgan fingerprint density at radius 1 is 1.42 bits per heavy atom. The minimum atomic E-state index is -1.80. The van der Waals surface area contributed by atoms with Crippen molar-refractivity contribution >= 4 is 50.9 Å². The van der Waals surface area contributed by atoms with Crippen molar-refractivity contribution in [3.05, 3.63) is 48.1 Å². The number of carbonyl (C=O) groups is 2. The predicted molar refractivity (Wildman–Crippen MR) is 103 cm³/mol. The van der Waals surface area contributed by atoms with Gasteiger partial charge in [-0.25, -0.2) is 0 Å². The number of allylic oxidation sites excluding steroid dienone is 3. The molecule has 1 heterocycles. The van der Waals surface area contributed by atoms with Crippen LogP contribution < -0.4 is 4.74 Å². The normalized spacial score (nSPS) is 30.8. The summed E-state index contributed by atoms with van der Waals surface area (Å²) in [5.41, 5.74) is 0.929. The van der Waals surface area contributed by atoms with Crippen molar-refractivity contribution in [1.29, 1.82) is 0 Å². The molecule has 1 aromatic carbocycles. The van der Waals surface area contributed by atoms with Crippen LogP contribution in [0.1, 0.15) is 17.9 Å². The summed E-state index contributed by atoms with van der Waals surface area (Å²) >= 11 is 16.7. The Bertz CT molecular complexity index is 842. The monoisotopic (exact) mass is 459 g/mol. The van der Waals surface area contributed by atoms with Gasteiger partial charge in [-0.1, -0.05) is 46.8 Å². The van der Waals surface area contributed by atoms with Crippen LogP contribution in [0.25, 0.3) is 0 Å². The lowest BCUT2D eigenvalue weighted by atomic mass is 9.68. The predicted octanol–water partition coefficient (Wildman–Crippen LogP) is 3.68. The number of ether oxygens (including phenoxy) is 1. The Labute approximate surface area is 169 Å². The van der Waals surface area contributed by atoms with Crippen LogP contribution in [-0.4, -0.2) is 44.1 Å². The van der Waals surface area contributed by atoms with Crippen LogP contribution in [0.5, 0.6) is 11.5 Å². The number of benzene rings is 1. The van der Waals surface area contributed by atoms with Crippen molar-refractivity contribution < 1.29 is 19.4 Å². The molecule has 0 saturated carbocycles. The Kier molecular flexibility index (Phi) is 4.88. The van der Waals surface area contributed by atoms with E-state index >= 15 is 0 Å². The number of fused-ring (bicyclic) bond motifs is 1. The van der Waals surface area contributed by atoms with E-state index in [9.17, 15) is 14.7 Å². The van der Waals surface area contributed by atoms with E-state index in [1.807, 2.05) is 0 Å². The number of amides is 2. The number of hydrogen-bond acceptors (Lipinski definition) is 4. The zero-order valence-corrected chi connectivity index (χ0v) is 16.9. The molecule has 0 bridgehead atoms. The van der Waals surface area contributed by atoms with Crippen LogP contribution in [0.4, 0.5) is 0 Å². The molecule has 1 N–H and O–H groups in total. The van der Waals surface area contributed by atoms with Crippen LogP contribution in [0.15, 0.2) is 42.5 Å². The number of para-hydroxylation sites is 1. The Hall–Kier alpha value is -1.50. The Morgan fingerprint density at radius 3 is 2.69 bits per heavy atom. The first-order valence-corrected chi connectivity index (χ1v) is 9.64. The fourth-order valence-electron chi connectivity index (χ4n) is 3.66. The quantitative estimate of drug-likeness (QED) is 0.422. The number of phenols is 1. The maximum Gasteiger partial charge on any atom is 0.254 e. The third-order valence-corrected chi connectivity index (χ3v) is 6.90. The number of likely N-dealkylation sites (tertiary alicyclic amines) is 1. The van der Waals surface area contributed by atoms with Crippen molar-refractivity contribution in [1.82, 2.24) is 4.90 Å². The third-order valence-electron chi connectivity index (χ3n) is 4.98. The Morgan fingerprint density at radius 2 is 2.12 bits per heavy atom. The van der Waals surface area contributed by atoms with Crippen molar-refractivity contribution in [2.75, 3.05) is 12.6 Å². The molecule has 0 unspecified atom stereocenters. The molecule has 5 nitrogen and oxygen atoms in total. The van der Waals surface area contributed by atoms with E-state index in [4.69, 9.17) is 27.9 Å². The van der Waals surface area contributed by atoms with E-state index in [-0.39, 0.29) is 23.4 Å². The summed E-state index contributed by atoms with van der Waals surface area (Å²) in [6, 6.07) is 4.88. The zero-order valence-electron chi connectivity index (χ0n) is 13.8. The van der Waals surface area contributed by atoms with Crippen molar-refractivity contribution in [2.45, 2.75) is 22.1 Å². The number of phenolic OH excluding ortho intramolecular Hbond substituents is 1. The Balaban J connectivity index is 2.30. The van der Waals surface area contributed by atoms with Gasteiger partial charge in [0.25, 0.3) is 11.8 Å². The molecule has 3 rings (SSSR count). The average molecular weight is 461 g/mol. The zero-order chi connectivity index (χ0) is 19.3. The van der Waals surface area contributed by atoms with E-state index in [2.05, 4.69) is 22.5 Å². The first-order valence-electron chi connectivity index (χ1n) is 7.76. The summed E-state index contributed by atoms with van der Waals surface area (Å²) in [5.74, 6) is -1.99. The van der Waals surface area contributed by atoms with Gasteiger partial charge in [-0.05, 0) is 18.1 Å². The van der Waals surface area contributed by atoms with E-state index in [0.29, 0.717) is 11.1 Å². The summed E-state index contributed by atoms with van der Waals surface area (Å²) in [7, 11) is 1.42. The van der Waals surface area contributed by atoms with Crippen LogP contribution >= 0.6 is 39.1 Å². The molecular weight excluding hydrogens is 445 g/mol. The molecule has 2 amide bonds. The summed E-state index contributed by atoms with van der Waals surface area (Å²) < 4.78 is 5.16. The molecule has 1 fully saturated rings. The van der Waals surface area contributed by atoms with Gasteiger partial charge in [0.1, 0.15) is 0 Å². The maximum absolute atomic E-state index is 13.1. The van der Waals surface area contributed by atoms with Gasteiger partial charge in [-0.3, -0.25) is 14.5 Å². The highest BCUT2D eigenvalue weighted by Gasteiger charge is 2.72. The largest absolute Gasteiger partial charge is 0.504 e. The van der Waals surface area contributed by atoms with Crippen molar-refractivity contribution in [2.24, 2.45) is 0 Å². The molecule has 2 aliphatic rings. The SMILES string of the molecule is C=CC1=CC[C@@]2(Cl)C(=O)N(CBr)C(=O)[C@@]2(Cl)[C@H]1c1cccc(OC)c1O. The number of carbonyl (C=O) groups excluding carboxylic acids is 2. The molecule has 1 aliphatic carbocycles. The second-order valence-electron chi connectivity index (χ2n) is 6.11. The molecule has 26 heavy (non-hydrogen) atoms. The van der Waals surface area contributed by atoms with Gasteiger partial charge in [-0.15, -0.1) is 23.2 Å². The lowest BCUT2D eigenvalue weighted by Gasteiger charge is -2.42. The second-order valence-corrected chi connectivity index (χ2v) is 7.86. The minimum Gasteiger partial charge on any atom is -0.504 e. The van der Waals surface area contributed by atoms with E-state index in [1.54, 1.807) is 30.4 Å². The molecule has 1 saturated heterocycles. The lowest BCUT2D eigenvalue weighted by Crippen LogP contribution is -2.54. The van der Waals surface area contributed by atoms with Crippen molar-refractivity contribution in [3.8, 4) is 11.5 Å². The molecule has 138 valence electrons.